The first-order valence-electron chi connectivity index (χ1n) is 9.59. The second-order valence-corrected chi connectivity index (χ2v) is 7.83. The van der Waals surface area contributed by atoms with Crippen LogP contribution in [0.15, 0.2) is 59.2 Å². The van der Waals surface area contributed by atoms with Crippen LogP contribution in [-0.2, 0) is 9.59 Å². The average molecular weight is 461 g/mol. The van der Waals surface area contributed by atoms with E-state index in [0.29, 0.717) is 10.9 Å². The monoisotopic (exact) mass is 460 g/mol. The van der Waals surface area contributed by atoms with Crippen molar-refractivity contribution < 1.29 is 23.1 Å². The maximum Gasteiger partial charge on any atom is 0.387 e. The second-order valence-electron chi connectivity index (χ2n) is 6.88. The molecule has 168 valence electrons. The third-order valence-corrected chi connectivity index (χ3v) is 5.41. The Morgan fingerprint density at radius 3 is 2.41 bits per heavy atom. The van der Waals surface area contributed by atoms with Crippen molar-refractivity contribution in [1.29, 1.82) is 0 Å². The number of benzene rings is 2. The molecule has 0 fully saturated rings. The van der Waals surface area contributed by atoms with Crippen LogP contribution >= 0.6 is 11.8 Å². The lowest BCUT2D eigenvalue weighted by molar-refractivity contribution is -0.118. The predicted octanol–water partition coefficient (Wildman–Crippen LogP) is 3.58. The minimum Gasteiger partial charge on any atom is -0.435 e. The Bertz CT molecular complexity index is 1040. The third kappa shape index (κ3) is 5.64. The zero-order valence-electron chi connectivity index (χ0n) is 17.7. The fourth-order valence-electron chi connectivity index (χ4n) is 2.83. The van der Waals surface area contributed by atoms with Crippen molar-refractivity contribution in [1.82, 2.24) is 5.32 Å². The molecule has 0 unspecified atom stereocenters. The van der Waals surface area contributed by atoms with Crippen LogP contribution in [0, 0.1) is 0 Å². The van der Waals surface area contributed by atoms with Crippen molar-refractivity contribution in [2.24, 2.45) is 4.99 Å². The number of aliphatic imine (C=N–C) groups is 1. The van der Waals surface area contributed by atoms with Crippen LogP contribution < -0.4 is 19.9 Å². The van der Waals surface area contributed by atoms with Crippen LogP contribution in [0.25, 0.3) is 6.08 Å². The van der Waals surface area contributed by atoms with Crippen LogP contribution in [0.3, 0.4) is 0 Å². The molecule has 0 radical (unpaired) electrons. The van der Waals surface area contributed by atoms with Crippen molar-refractivity contribution in [3.63, 3.8) is 0 Å². The quantitative estimate of drug-likeness (QED) is 0.640. The first kappa shape index (κ1) is 23.3. The van der Waals surface area contributed by atoms with E-state index in [-0.39, 0.29) is 29.0 Å². The van der Waals surface area contributed by atoms with E-state index in [1.807, 2.05) is 43.3 Å². The topological polar surface area (TPSA) is 74.2 Å². The van der Waals surface area contributed by atoms with E-state index in [1.54, 1.807) is 6.08 Å². The van der Waals surface area contributed by atoms with E-state index in [1.165, 1.54) is 36.2 Å². The zero-order valence-corrected chi connectivity index (χ0v) is 18.5. The second kappa shape index (κ2) is 10.3. The maximum absolute atomic E-state index is 13.1. The lowest BCUT2D eigenvalue weighted by Gasteiger charge is -2.18. The summed E-state index contributed by atoms with van der Waals surface area (Å²) in [5, 5.41) is 2.84. The van der Waals surface area contributed by atoms with E-state index in [2.05, 4.69) is 15.0 Å². The smallest absolute Gasteiger partial charge is 0.387 e. The van der Waals surface area contributed by atoms with Gasteiger partial charge < -0.3 is 15.0 Å². The van der Waals surface area contributed by atoms with E-state index in [4.69, 9.17) is 0 Å². The summed E-state index contributed by atoms with van der Waals surface area (Å²) in [6, 6.07) is 13.3. The number of hydrogen-bond donors (Lipinski definition) is 1. The van der Waals surface area contributed by atoms with Crippen molar-refractivity contribution in [3.8, 4) is 5.75 Å². The number of thioether (sulfide) groups is 1. The van der Waals surface area contributed by atoms with Crippen LogP contribution in [-0.4, -0.2) is 50.5 Å². The number of nitrogens with one attached hydrogen (secondary N) is 1. The highest BCUT2D eigenvalue weighted by molar-refractivity contribution is 8.14. The van der Waals surface area contributed by atoms with Gasteiger partial charge in [0.15, 0.2) is 5.17 Å². The number of amides is 2. The Morgan fingerprint density at radius 2 is 1.84 bits per heavy atom. The number of alkyl halides is 2. The molecule has 2 aromatic rings. The van der Waals surface area contributed by atoms with Crippen LogP contribution in [0.5, 0.6) is 5.75 Å². The molecule has 3 rings (SSSR count). The number of ether oxygens (including phenoxy) is 1. The molecule has 0 spiro atoms. The van der Waals surface area contributed by atoms with Gasteiger partial charge in [-0.05, 0) is 48.0 Å². The fourth-order valence-corrected chi connectivity index (χ4v) is 3.71. The van der Waals surface area contributed by atoms with Crippen molar-refractivity contribution in [2.45, 2.75) is 6.61 Å². The first-order valence-corrected chi connectivity index (χ1v) is 10.6. The van der Waals surface area contributed by atoms with Gasteiger partial charge in [-0.25, -0.2) is 4.99 Å². The van der Waals surface area contributed by atoms with Crippen LogP contribution in [0.1, 0.15) is 5.56 Å². The van der Waals surface area contributed by atoms with Gasteiger partial charge in [-0.3, -0.25) is 14.5 Å². The Labute approximate surface area is 188 Å². The standard InChI is InChI=1S/C22H22F2N4O3S/c1-25-19(29)13-32-22-26-18(12-14-4-6-15(7-5-14)27(2)3)20(30)28(22)16-8-10-17(11-9-16)31-21(23)24/h4-12,21H,13H2,1-3H3,(H,25,29)/b18-12-. The zero-order chi connectivity index (χ0) is 23.3. The number of amidine groups is 1. The number of nitrogens with zero attached hydrogens (tertiary/aromatic N) is 3. The molecule has 32 heavy (non-hydrogen) atoms. The van der Waals surface area contributed by atoms with E-state index in [9.17, 15) is 18.4 Å². The summed E-state index contributed by atoms with van der Waals surface area (Å²) in [4.78, 5) is 32.6. The van der Waals surface area contributed by atoms with Gasteiger partial charge in [-0.1, -0.05) is 23.9 Å². The molecule has 1 N–H and O–H groups in total. The third-order valence-electron chi connectivity index (χ3n) is 4.47. The minimum atomic E-state index is -2.94. The molecule has 0 aromatic heterocycles. The van der Waals surface area contributed by atoms with Crippen molar-refractivity contribution in [2.75, 3.05) is 36.7 Å². The summed E-state index contributed by atoms with van der Waals surface area (Å²) in [5.41, 5.74) is 2.44. The molecule has 0 saturated carbocycles. The first-order chi connectivity index (χ1) is 15.3. The van der Waals surface area contributed by atoms with Gasteiger partial charge in [0.25, 0.3) is 5.91 Å². The summed E-state index contributed by atoms with van der Waals surface area (Å²) < 4.78 is 29.2. The lowest BCUT2D eigenvalue weighted by atomic mass is 10.1. The minimum absolute atomic E-state index is 0.0244. The number of rotatable bonds is 7. The Balaban J connectivity index is 1.90. The summed E-state index contributed by atoms with van der Waals surface area (Å²) >= 11 is 1.10. The molecule has 10 heteroatoms. The highest BCUT2D eigenvalue weighted by Gasteiger charge is 2.32. The number of anilines is 2. The summed E-state index contributed by atoms with van der Waals surface area (Å²) in [6.45, 7) is -2.94. The van der Waals surface area contributed by atoms with Gasteiger partial charge in [-0.15, -0.1) is 0 Å². The molecule has 0 bridgehead atoms. The summed E-state index contributed by atoms with van der Waals surface area (Å²) in [7, 11) is 5.39. The molecule has 0 aliphatic carbocycles. The SMILES string of the molecule is CNC(=O)CSC1=N/C(=C\c2ccc(N(C)C)cc2)C(=O)N1c1ccc(OC(F)F)cc1. The van der Waals surface area contributed by atoms with Gasteiger partial charge in [0, 0.05) is 26.8 Å². The highest BCUT2D eigenvalue weighted by Crippen LogP contribution is 2.31. The molecule has 1 aliphatic rings. The molecule has 2 amide bonds. The van der Waals surface area contributed by atoms with Gasteiger partial charge >= 0.3 is 6.61 Å². The highest BCUT2D eigenvalue weighted by atomic mass is 32.2. The average Bonchev–Trinajstić information content (AvgIpc) is 3.07. The molecular weight excluding hydrogens is 438 g/mol. The number of carbonyl (C=O) groups excluding carboxylic acids is 2. The lowest BCUT2D eigenvalue weighted by Crippen LogP contribution is -2.31. The van der Waals surface area contributed by atoms with E-state index in [0.717, 1.165) is 23.0 Å². The van der Waals surface area contributed by atoms with Crippen molar-refractivity contribution >= 4 is 46.2 Å². The largest absolute Gasteiger partial charge is 0.435 e. The van der Waals surface area contributed by atoms with Gasteiger partial charge in [0.1, 0.15) is 11.4 Å². The molecular formula is C22H22F2N4O3S. The Hall–Kier alpha value is -3.40. The van der Waals surface area contributed by atoms with Gasteiger partial charge in [0.2, 0.25) is 5.91 Å². The molecule has 7 nitrogen and oxygen atoms in total. The van der Waals surface area contributed by atoms with Gasteiger partial charge in [0.05, 0.1) is 11.4 Å². The molecule has 2 aromatic carbocycles. The molecule has 0 atom stereocenters. The van der Waals surface area contributed by atoms with Crippen LogP contribution in [0.4, 0.5) is 20.2 Å². The molecule has 1 heterocycles. The number of halogens is 2. The van der Waals surface area contributed by atoms with Crippen molar-refractivity contribution in [3.05, 3.63) is 59.8 Å². The number of hydrogen-bond acceptors (Lipinski definition) is 6. The Kier molecular flexibility index (Phi) is 7.47. The predicted molar refractivity (Wildman–Crippen MR) is 123 cm³/mol. The van der Waals surface area contributed by atoms with Crippen LogP contribution in [0.2, 0.25) is 0 Å². The van der Waals surface area contributed by atoms with E-state index < -0.39 is 6.61 Å². The normalized spacial score (nSPS) is 14.7. The molecule has 1 aliphatic heterocycles. The number of carbonyl (C=O) groups is 2. The van der Waals surface area contributed by atoms with E-state index >= 15 is 0 Å². The fraction of sp³-hybridized carbons (Fsp3) is 0.227. The maximum atomic E-state index is 13.1. The van der Waals surface area contributed by atoms with Gasteiger partial charge in [-0.2, -0.15) is 8.78 Å². The molecule has 0 saturated heterocycles. The summed E-state index contributed by atoms with van der Waals surface area (Å²) in [5.74, 6) is -0.564. The summed E-state index contributed by atoms with van der Waals surface area (Å²) in [6.07, 6.45) is 1.66. The Morgan fingerprint density at radius 1 is 1.19 bits per heavy atom.